The van der Waals surface area contributed by atoms with Crippen LogP contribution >= 0.6 is 12.4 Å². The third kappa shape index (κ3) is 11.7. The first-order chi connectivity index (χ1) is 8.47. The Hall–Kier alpha value is -1.10. The molecule has 0 aliphatic heterocycles. The van der Waals surface area contributed by atoms with Crippen LogP contribution in [0.15, 0.2) is 30.3 Å². The average molecular weight is 290 g/mol. The molecule has 1 rings (SSSR count). The third-order valence-corrected chi connectivity index (χ3v) is 2.44. The first-order valence-corrected chi connectivity index (χ1v) is 6.01. The van der Waals surface area contributed by atoms with E-state index < -0.39 is 5.97 Å². The summed E-state index contributed by atoms with van der Waals surface area (Å²) < 4.78 is 0. The van der Waals surface area contributed by atoms with Crippen molar-refractivity contribution >= 4 is 18.4 Å². The molecule has 1 aromatic rings. The molecule has 0 aromatic heterocycles. The van der Waals surface area contributed by atoms with E-state index in [-0.39, 0.29) is 19.0 Å². The summed E-state index contributed by atoms with van der Waals surface area (Å²) in [7, 11) is 2.04. The summed E-state index contributed by atoms with van der Waals surface area (Å²) in [6.45, 7) is 5.27. The minimum absolute atomic E-state index is 0. The molecule has 0 saturated heterocycles. The molecule has 1 aromatic carbocycles. The van der Waals surface area contributed by atoms with Crippen molar-refractivity contribution in [3.05, 3.63) is 35.9 Å². The van der Waals surface area contributed by atoms with E-state index in [9.17, 15) is 0 Å². The standard InChI is InChI=1S/C12H19NO.C2H4O2.ClH/c1-11(10-13(2)8-9-14)12-6-4-3-5-7-12;1-2(3)4;/h3-7,11,14H,8-10H2,1-2H3;1H3,(H,3,4);1H. The van der Waals surface area contributed by atoms with E-state index in [1.54, 1.807) is 0 Å². The number of likely N-dealkylation sites (N-methyl/N-ethyl adjacent to an activating group) is 1. The lowest BCUT2D eigenvalue weighted by Gasteiger charge is -2.20. The van der Waals surface area contributed by atoms with Crippen molar-refractivity contribution in [1.82, 2.24) is 4.90 Å². The van der Waals surface area contributed by atoms with Crippen LogP contribution in [-0.4, -0.2) is 47.8 Å². The summed E-state index contributed by atoms with van der Waals surface area (Å²) in [5, 5.41) is 16.2. The van der Waals surface area contributed by atoms with E-state index >= 15 is 0 Å². The molecule has 0 radical (unpaired) electrons. The normalized spacial score (nSPS) is 11.0. The molecule has 0 aliphatic carbocycles. The predicted octanol–water partition coefficient (Wildman–Crippen LogP) is 2.23. The van der Waals surface area contributed by atoms with E-state index in [2.05, 4.69) is 36.1 Å². The molecule has 2 N–H and O–H groups in total. The predicted molar refractivity (Wildman–Crippen MR) is 80.0 cm³/mol. The lowest BCUT2D eigenvalue weighted by Crippen LogP contribution is -2.26. The molecule has 0 bridgehead atoms. The molecule has 19 heavy (non-hydrogen) atoms. The Bertz CT molecular complexity index is 329. The monoisotopic (exact) mass is 289 g/mol. The van der Waals surface area contributed by atoms with Crippen LogP contribution in [-0.2, 0) is 4.79 Å². The van der Waals surface area contributed by atoms with Crippen molar-refractivity contribution in [1.29, 1.82) is 0 Å². The highest BCUT2D eigenvalue weighted by molar-refractivity contribution is 5.85. The second-order valence-corrected chi connectivity index (χ2v) is 4.32. The molecule has 5 heteroatoms. The van der Waals surface area contributed by atoms with Gasteiger partial charge in [-0.05, 0) is 18.5 Å². The van der Waals surface area contributed by atoms with Crippen molar-refractivity contribution < 1.29 is 15.0 Å². The van der Waals surface area contributed by atoms with Crippen LogP contribution in [0.4, 0.5) is 0 Å². The molecule has 110 valence electrons. The topological polar surface area (TPSA) is 60.8 Å². The fraction of sp³-hybridized carbons (Fsp3) is 0.500. The summed E-state index contributed by atoms with van der Waals surface area (Å²) >= 11 is 0. The van der Waals surface area contributed by atoms with Crippen LogP contribution in [0.5, 0.6) is 0 Å². The highest BCUT2D eigenvalue weighted by atomic mass is 35.5. The molecule has 0 spiro atoms. The largest absolute Gasteiger partial charge is 0.481 e. The molecule has 0 saturated carbocycles. The fourth-order valence-electron chi connectivity index (χ4n) is 1.62. The Balaban J connectivity index is 0. The lowest BCUT2D eigenvalue weighted by atomic mass is 10.0. The SMILES string of the molecule is CC(=O)O.CC(CN(C)CCO)c1ccccc1.Cl. The van der Waals surface area contributed by atoms with Gasteiger partial charge in [-0.15, -0.1) is 12.4 Å². The minimum atomic E-state index is -0.833. The van der Waals surface area contributed by atoms with Crippen LogP contribution in [0.25, 0.3) is 0 Å². The molecule has 0 aliphatic rings. The number of rotatable bonds is 5. The van der Waals surface area contributed by atoms with Gasteiger partial charge in [-0.3, -0.25) is 4.79 Å². The molecular weight excluding hydrogens is 266 g/mol. The fourth-order valence-corrected chi connectivity index (χ4v) is 1.62. The van der Waals surface area contributed by atoms with Crippen LogP contribution in [0, 0.1) is 0 Å². The Morgan fingerprint density at radius 1 is 1.32 bits per heavy atom. The van der Waals surface area contributed by atoms with Crippen molar-refractivity contribution in [3.63, 3.8) is 0 Å². The summed E-state index contributed by atoms with van der Waals surface area (Å²) in [5.41, 5.74) is 1.36. The van der Waals surface area contributed by atoms with E-state index in [4.69, 9.17) is 15.0 Å². The third-order valence-electron chi connectivity index (χ3n) is 2.44. The van der Waals surface area contributed by atoms with Gasteiger partial charge in [0.1, 0.15) is 0 Å². The number of hydrogen-bond donors (Lipinski definition) is 2. The number of aliphatic hydroxyl groups is 1. The van der Waals surface area contributed by atoms with Crippen LogP contribution < -0.4 is 0 Å². The molecule has 4 nitrogen and oxygen atoms in total. The maximum atomic E-state index is 9.00. The number of carbonyl (C=O) groups is 1. The molecule has 1 atom stereocenters. The number of nitrogens with zero attached hydrogens (tertiary/aromatic N) is 1. The highest BCUT2D eigenvalue weighted by Gasteiger charge is 2.07. The van der Waals surface area contributed by atoms with Gasteiger partial charge in [0.25, 0.3) is 5.97 Å². The number of halogens is 1. The maximum Gasteiger partial charge on any atom is 0.300 e. The average Bonchev–Trinajstić information content (AvgIpc) is 2.29. The number of hydrogen-bond acceptors (Lipinski definition) is 3. The van der Waals surface area contributed by atoms with Gasteiger partial charge < -0.3 is 15.1 Å². The second-order valence-electron chi connectivity index (χ2n) is 4.32. The van der Waals surface area contributed by atoms with Crippen molar-refractivity contribution in [3.8, 4) is 0 Å². The van der Waals surface area contributed by atoms with Crippen molar-refractivity contribution in [2.45, 2.75) is 19.8 Å². The Morgan fingerprint density at radius 3 is 2.21 bits per heavy atom. The van der Waals surface area contributed by atoms with Gasteiger partial charge in [0, 0.05) is 20.0 Å². The van der Waals surface area contributed by atoms with E-state index in [0.717, 1.165) is 20.0 Å². The number of benzene rings is 1. The zero-order valence-electron chi connectivity index (χ0n) is 11.7. The van der Waals surface area contributed by atoms with Gasteiger partial charge in [-0.25, -0.2) is 0 Å². The van der Waals surface area contributed by atoms with Gasteiger partial charge in [-0.1, -0.05) is 37.3 Å². The van der Waals surface area contributed by atoms with Gasteiger partial charge >= 0.3 is 0 Å². The molecular formula is C14H24ClNO3. The number of carboxylic acid groups (broad SMARTS) is 1. The molecule has 0 heterocycles. The highest BCUT2D eigenvalue weighted by Crippen LogP contribution is 2.14. The van der Waals surface area contributed by atoms with Crippen LogP contribution in [0.2, 0.25) is 0 Å². The molecule has 1 unspecified atom stereocenters. The number of aliphatic hydroxyl groups excluding tert-OH is 1. The summed E-state index contributed by atoms with van der Waals surface area (Å²) in [4.78, 5) is 11.2. The first-order valence-electron chi connectivity index (χ1n) is 6.01. The van der Waals surface area contributed by atoms with Crippen molar-refractivity contribution in [2.75, 3.05) is 26.7 Å². The number of carboxylic acids is 1. The Morgan fingerprint density at radius 2 is 1.79 bits per heavy atom. The quantitative estimate of drug-likeness (QED) is 0.873. The number of aliphatic carboxylic acids is 1. The zero-order chi connectivity index (χ0) is 14.0. The smallest absolute Gasteiger partial charge is 0.300 e. The van der Waals surface area contributed by atoms with Gasteiger partial charge in [-0.2, -0.15) is 0 Å². The van der Waals surface area contributed by atoms with Gasteiger partial charge in [0.05, 0.1) is 6.61 Å². The van der Waals surface area contributed by atoms with E-state index in [0.29, 0.717) is 5.92 Å². The first kappa shape index (κ1) is 20.2. The lowest BCUT2D eigenvalue weighted by molar-refractivity contribution is -0.134. The van der Waals surface area contributed by atoms with Crippen molar-refractivity contribution in [2.24, 2.45) is 0 Å². The van der Waals surface area contributed by atoms with E-state index in [1.165, 1.54) is 5.56 Å². The summed E-state index contributed by atoms with van der Waals surface area (Å²) in [6, 6.07) is 10.5. The van der Waals surface area contributed by atoms with E-state index in [1.807, 2.05) is 13.1 Å². The Labute approximate surface area is 121 Å². The van der Waals surface area contributed by atoms with Gasteiger partial charge in [0.15, 0.2) is 0 Å². The Kier molecular flexibility index (Phi) is 12.7. The van der Waals surface area contributed by atoms with Gasteiger partial charge in [0.2, 0.25) is 0 Å². The zero-order valence-corrected chi connectivity index (χ0v) is 12.6. The maximum absolute atomic E-state index is 9.00. The van der Waals surface area contributed by atoms with Crippen LogP contribution in [0.1, 0.15) is 25.3 Å². The minimum Gasteiger partial charge on any atom is -0.481 e. The summed E-state index contributed by atoms with van der Waals surface area (Å²) in [5.74, 6) is -0.312. The molecule has 0 amide bonds. The summed E-state index contributed by atoms with van der Waals surface area (Å²) in [6.07, 6.45) is 0. The van der Waals surface area contributed by atoms with Crippen LogP contribution in [0.3, 0.4) is 0 Å². The second kappa shape index (κ2) is 12.0. The molecule has 0 fully saturated rings.